The molecule has 2 amide bonds. The summed E-state index contributed by atoms with van der Waals surface area (Å²) in [5.74, 6) is 0.779. The van der Waals surface area contributed by atoms with Crippen molar-refractivity contribution in [2.45, 2.75) is 0 Å². The van der Waals surface area contributed by atoms with E-state index in [9.17, 15) is 9.59 Å². The van der Waals surface area contributed by atoms with Crippen LogP contribution in [0.25, 0.3) is 0 Å². The van der Waals surface area contributed by atoms with Crippen LogP contribution in [-0.4, -0.2) is 25.5 Å². The lowest BCUT2D eigenvalue weighted by Crippen LogP contribution is -2.20. The zero-order chi connectivity index (χ0) is 19.8. The molecule has 0 aliphatic heterocycles. The van der Waals surface area contributed by atoms with E-state index in [2.05, 4.69) is 10.6 Å². The van der Waals surface area contributed by atoms with Crippen LogP contribution in [0, 0.1) is 0 Å². The first-order chi connectivity index (χ1) is 13.6. The highest BCUT2D eigenvalue weighted by atomic mass is 16.5. The van der Waals surface area contributed by atoms with Gasteiger partial charge in [-0.2, -0.15) is 0 Å². The highest BCUT2D eigenvalue weighted by Gasteiger charge is 2.08. The number of nitrogens with one attached hydrogen (secondary N) is 2. The van der Waals surface area contributed by atoms with Crippen LogP contribution < -0.4 is 20.1 Å². The van der Waals surface area contributed by atoms with Crippen LogP contribution in [0.15, 0.2) is 78.9 Å². The molecule has 3 aromatic rings. The van der Waals surface area contributed by atoms with E-state index in [4.69, 9.17) is 9.47 Å². The molecule has 0 heterocycles. The largest absolute Gasteiger partial charge is 0.497 e. The summed E-state index contributed by atoms with van der Waals surface area (Å²) < 4.78 is 10.5. The second-order valence-electron chi connectivity index (χ2n) is 5.91. The summed E-state index contributed by atoms with van der Waals surface area (Å²) in [6.07, 6.45) is 0. The molecule has 6 heteroatoms. The van der Waals surface area contributed by atoms with E-state index in [0.29, 0.717) is 22.7 Å². The van der Waals surface area contributed by atoms with E-state index in [-0.39, 0.29) is 18.4 Å². The molecule has 0 unspecified atom stereocenters. The fourth-order valence-electron chi connectivity index (χ4n) is 2.45. The number of methoxy groups -OCH3 is 1. The van der Waals surface area contributed by atoms with Gasteiger partial charge in [0.05, 0.1) is 7.11 Å². The van der Waals surface area contributed by atoms with Gasteiger partial charge in [0.1, 0.15) is 11.5 Å². The number of carbonyl (C=O) groups is 2. The minimum Gasteiger partial charge on any atom is -0.497 e. The zero-order valence-corrected chi connectivity index (χ0v) is 15.3. The molecule has 6 nitrogen and oxygen atoms in total. The summed E-state index contributed by atoms with van der Waals surface area (Å²) in [6, 6.07) is 22.8. The number of hydrogen-bond acceptors (Lipinski definition) is 4. The van der Waals surface area contributed by atoms with Gasteiger partial charge in [-0.25, -0.2) is 0 Å². The van der Waals surface area contributed by atoms with Crippen molar-refractivity contribution in [1.82, 2.24) is 0 Å². The number of carbonyl (C=O) groups excluding carboxylic acids is 2. The number of hydrogen-bond donors (Lipinski definition) is 2. The molecule has 0 saturated carbocycles. The second kappa shape index (κ2) is 9.23. The fourth-order valence-corrected chi connectivity index (χ4v) is 2.45. The van der Waals surface area contributed by atoms with E-state index in [1.807, 2.05) is 30.3 Å². The zero-order valence-electron chi connectivity index (χ0n) is 15.3. The minimum atomic E-state index is -0.294. The summed E-state index contributed by atoms with van der Waals surface area (Å²) in [5.41, 5.74) is 1.80. The van der Waals surface area contributed by atoms with Gasteiger partial charge in [0.2, 0.25) is 0 Å². The Morgan fingerprint density at radius 2 is 1.36 bits per heavy atom. The van der Waals surface area contributed by atoms with Gasteiger partial charge in [-0.3, -0.25) is 9.59 Å². The SMILES string of the molecule is COc1ccc(OCC(=O)Nc2ccc(C(=O)Nc3ccccc3)cc2)cc1. The maximum atomic E-state index is 12.2. The monoisotopic (exact) mass is 376 g/mol. The fraction of sp³-hybridized carbons (Fsp3) is 0.0909. The van der Waals surface area contributed by atoms with Gasteiger partial charge < -0.3 is 20.1 Å². The molecule has 0 saturated heterocycles. The van der Waals surface area contributed by atoms with E-state index < -0.39 is 0 Å². The molecule has 142 valence electrons. The Bertz CT molecular complexity index is 923. The Morgan fingerprint density at radius 1 is 0.750 bits per heavy atom. The quantitative estimate of drug-likeness (QED) is 0.654. The Kier molecular flexibility index (Phi) is 6.25. The van der Waals surface area contributed by atoms with Gasteiger partial charge in [0, 0.05) is 16.9 Å². The summed E-state index contributed by atoms with van der Waals surface area (Å²) in [6.45, 7) is -0.122. The molecule has 0 aliphatic rings. The summed E-state index contributed by atoms with van der Waals surface area (Å²) >= 11 is 0. The number of anilines is 2. The van der Waals surface area contributed by atoms with Crippen LogP contribution in [0.3, 0.4) is 0 Å². The minimum absolute atomic E-state index is 0.122. The van der Waals surface area contributed by atoms with Crippen molar-refractivity contribution in [3.63, 3.8) is 0 Å². The van der Waals surface area contributed by atoms with Gasteiger partial charge in [0.25, 0.3) is 11.8 Å². The lowest BCUT2D eigenvalue weighted by atomic mass is 10.2. The average molecular weight is 376 g/mol. The molecule has 3 rings (SSSR count). The number of amides is 2. The van der Waals surface area contributed by atoms with Crippen LogP contribution in [0.2, 0.25) is 0 Å². The highest BCUT2D eigenvalue weighted by Crippen LogP contribution is 2.17. The predicted molar refractivity (Wildman–Crippen MR) is 108 cm³/mol. The molecule has 28 heavy (non-hydrogen) atoms. The van der Waals surface area contributed by atoms with Crippen molar-refractivity contribution in [2.75, 3.05) is 24.4 Å². The first kappa shape index (κ1) is 19.0. The van der Waals surface area contributed by atoms with Crippen LogP contribution >= 0.6 is 0 Å². The molecule has 0 spiro atoms. The Morgan fingerprint density at radius 3 is 2.00 bits per heavy atom. The van der Waals surface area contributed by atoms with Gasteiger partial charge in [-0.05, 0) is 60.7 Å². The first-order valence-electron chi connectivity index (χ1n) is 8.67. The third-order valence-electron chi connectivity index (χ3n) is 3.89. The van der Waals surface area contributed by atoms with Crippen molar-refractivity contribution in [3.05, 3.63) is 84.4 Å². The predicted octanol–water partition coefficient (Wildman–Crippen LogP) is 3.97. The second-order valence-corrected chi connectivity index (χ2v) is 5.91. The lowest BCUT2D eigenvalue weighted by Gasteiger charge is -2.09. The normalized spacial score (nSPS) is 10.0. The molecule has 3 aromatic carbocycles. The van der Waals surface area contributed by atoms with E-state index in [1.54, 1.807) is 55.6 Å². The van der Waals surface area contributed by atoms with E-state index in [1.165, 1.54) is 0 Å². The number of benzene rings is 3. The Hall–Kier alpha value is -3.80. The third-order valence-corrected chi connectivity index (χ3v) is 3.89. The van der Waals surface area contributed by atoms with E-state index in [0.717, 1.165) is 5.69 Å². The van der Waals surface area contributed by atoms with Crippen LogP contribution in [-0.2, 0) is 4.79 Å². The number of para-hydroxylation sites is 1. The van der Waals surface area contributed by atoms with Gasteiger partial charge in [-0.1, -0.05) is 18.2 Å². The standard InChI is InChI=1S/C22H20N2O4/c1-27-19-11-13-20(14-12-19)28-15-21(25)23-18-9-7-16(8-10-18)22(26)24-17-5-3-2-4-6-17/h2-14H,15H2,1H3,(H,23,25)(H,24,26). The number of ether oxygens (including phenoxy) is 2. The molecule has 0 fully saturated rings. The molecule has 0 aromatic heterocycles. The average Bonchev–Trinajstić information content (AvgIpc) is 2.74. The van der Waals surface area contributed by atoms with Gasteiger partial charge in [-0.15, -0.1) is 0 Å². The first-order valence-corrected chi connectivity index (χ1v) is 8.67. The van der Waals surface area contributed by atoms with E-state index >= 15 is 0 Å². The van der Waals surface area contributed by atoms with Crippen molar-refractivity contribution in [2.24, 2.45) is 0 Å². The van der Waals surface area contributed by atoms with Crippen molar-refractivity contribution >= 4 is 23.2 Å². The third kappa shape index (κ3) is 5.35. The van der Waals surface area contributed by atoms with Gasteiger partial charge in [0.15, 0.2) is 6.61 Å². The molecular weight excluding hydrogens is 356 g/mol. The molecular formula is C22H20N2O4. The molecule has 0 aliphatic carbocycles. The molecule has 2 N–H and O–H groups in total. The summed E-state index contributed by atoms with van der Waals surface area (Å²) in [7, 11) is 1.58. The molecule has 0 bridgehead atoms. The maximum Gasteiger partial charge on any atom is 0.262 e. The summed E-state index contributed by atoms with van der Waals surface area (Å²) in [4.78, 5) is 24.3. The summed E-state index contributed by atoms with van der Waals surface area (Å²) in [5, 5.41) is 5.54. The lowest BCUT2D eigenvalue weighted by molar-refractivity contribution is -0.118. The van der Waals surface area contributed by atoms with Gasteiger partial charge >= 0.3 is 0 Å². The Balaban J connectivity index is 1.50. The van der Waals surface area contributed by atoms with Crippen molar-refractivity contribution in [3.8, 4) is 11.5 Å². The Labute approximate surface area is 163 Å². The molecule has 0 radical (unpaired) electrons. The highest BCUT2D eigenvalue weighted by molar-refractivity contribution is 6.04. The molecule has 0 atom stereocenters. The van der Waals surface area contributed by atoms with Crippen LogP contribution in [0.1, 0.15) is 10.4 Å². The van der Waals surface area contributed by atoms with Crippen molar-refractivity contribution in [1.29, 1.82) is 0 Å². The van der Waals surface area contributed by atoms with Crippen LogP contribution in [0.5, 0.6) is 11.5 Å². The van der Waals surface area contributed by atoms with Crippen LogP contribution in [0.4, 0.5) is 11.4 Å². The maximum absolute atomic E-state index is 12.2. The smallest absolute Gasteiger partial charge is 0.262 e. The number of rotatable bonds is 7. The van der Waals surface area contributed by atoms with Crippen molar-refractivity contribution < 1.29 is 19.1 Å². The topological polar surface area (TPSA) is 76.7 Å².